The number of ether oxygens (including phenoxy) is 1. The third-order valence-corrected chi connectivity index (χ3v) is 6.77. The van der Waals surface area contributed by atoms with E-state index in [2.05, 4.69) is 5.32 Å². The number of rotatable bonds is 3. The number of Topliss-reactive ketones (excluding diaryl/α,β-unsaturated/α-hetero) is 2. The van der Waals surface area contributed by atoms with Gasteiger partial charge in [0.15, 0.2) is 11.6 Å². The van der Waals surface area contributed by atoms with Gasteiger partial charge >= 0.3 is 5.97 Å². The van der Waals surface area contributed by atoms with Crippen molar-refractivity contribution >= 4 is 23.2 Å². The summed E-state index contributed by atoms with van der Waals surface area (Å²) in [6.07, 6.45) is 1.97. The van der Waals surface area contributed by atoms with Crippen LogP contribution in [0.4, 0.5) is 4.39 Å². The molecule has 1 unspecified atom stereocenters. The summed E-state index contributed by atoms with van der Waals surface area (Å²) in [6, 6.07) is 19.5. The molecule has 172 valence electrons. The Labute approximate surface area is 200 Å². The predicted octanol–water partition coefficient (Wildman–Crippen LogP) is 5.35. The van der Waals surface area contributed by atoms with Crippen LogP contribution in [0.25, 0.3) is 5.70 Å². The number of carbonyl (C=O) groups is 3. The van der Waals surface area contributed by atoms with E-state index in [9.17, 15) is 18.8 Å². The third kappa shape index (κ3) is 3.49. The zero-order valence-electron chi connectivity index (χ0n) is 18.6. The first-order valence-corrected chi connectivity index (χ1v) is 11.5. The van der Waals surface area contributed by atoms with Crippen molar-refractivity contribution in [2.24, 2.45) is 0 Å². The molecule has 1 heterocycles. The Morgan fingerprint density at radius 2 is 1.57 bits per heavy atom. The number of hydrogen-bond acceptors (Lipinski definition) is 5. The number of esters is 1. The first-order chi connectivity index (χ1) is 17.0. The summed E-state index contributed by atoms with van der Waals surface area (Å²) in [5, 5.41) is 3.42. The standard InChI is InChI=1S/C29H20FNO4/c30-18-12-8-17(9-13-18)29(34)35-19-14-10-16(11-15-19)24-25-22(6-3-7-23(25)32)31-27-20-4-1-2-5-21(20)28(33)26(24)27/h1-2,4-5,8-15,24,31H,3,6-7H2. The number of fused-ring (bicyclic) bond motifs is 2. The number of nitrogens with one attached hydrogen (secondary N) is 1. The minimum atomic E-state index is -0.599. The predicted molar refractivity (Wildman–Crippen MR) is 127 cm³/mol. The van der Waals surface area contributed by atoms with Crippen LogP contribution >= 0.6 is 0 Å². The van der Waals surface area contributed by atoms with Crippen LogP contribution in [0.1, 0.15) is 57.0 Å². The van der Waals surface area contributed by atoms with E-state index in [1.807, 2.05) is 24.3 Å². The highest BCUT2D eigenvalue weighted by atomic mass is 19.1. The molecule has 0 saturated heterocycles. The molecule has 3 aromatic rings. The molecule has 0 bridgehead atoms. The van der Waals surface area contributed by atoms with Crippen molar-refractivity contribution in [3.05, 3.63) is 118 Å². The van der Waals surface area contributed by atoms with Gasteiger partial charge in [-0.05, 0) is 54.8 Å². The highest BCUT2D eigenvalue weighted by molar-refractivity contribution is 6.23. The van der Waals surface area contributed by atoms with Crippen LogP contribution in [0.2, 0.25) is 0 Å². The lowest BCUT2D eigenvalue weighted by atomic mass is 9.75. The molecule has 0 radical (unpaired) electrons. The van der Waals surface area contributed by atoms with Gasteiger partial charge in [-0.1, -0.05) is 36.4 Å². The summed E-state index contributed by atoms with van der Waals surface area (Å²) in [5.74, 6) is -1.24. The molecule has 0 spiro atoms. The van der Waals surface area contributed by atoms with E-state index in [1.54, 1.807) is 24.3 Å². The maximum Gasteiger partial charge on any atom is 0.343 e. The number of benzene rings is 3. The van der Waals surface area contributed by atoms with Gasteiger partial charge in [-0.3, -0.25) is 9.59 Å². The molecule has 35 heavy (non-hydrogen) atoms. The Bertz CT molecular complexity index is 1470. The molecule has 0 amide bonds. The minimum Gasteiger partial charge on any atom is -0.423 e. The van der Waals surface area contributed by atoms with Crippen LogP contribution < -0.4 is 10.1 Å². The first-order valence-electron chi connectivity index (χ1n) is 11.5. The molecule has 1 atom stereocenters. The molecule has 3 aliphatic rings. The maximum atomic E-state index is 13.5. The van der Waals surface area contributed by atoms with Gasteiger partial charge in [-0.2, -0.15) is 0 Å². The number of ketones is 2. The fraction of sp³-hybridized carbons (Fsp3) is 0.138. The van der Waals surface area contributed by atoms with Gasteiger partial charge in [0.05, 0.1) is 11.3 Å². The van der Waals surface area contributed by atoms with E-state index in [4.69, 9.17) is 4.74 Å². The van der Waals surface area contributed by atoms with Crippen LogP contribution in [-0.4, -0.2) is 17.5 Å². The van der Waals surface area contributed by atoms with Crippen LogP contribution in [0.5, 0.6) is 5.75 Å². The van der Waals surface area contributed by atoms with E-state index in [0.29, 0.717) is 28.9 Å². The first kappa shape index (κ1) is 21.2. The largest absolute Gasteiger partial charge is 0.423 e. The van der Waals surface area contributed by atoms with Crippen LogP contribution in [0.15, 0.2) is 89.6 Å². The smallest absolute Gasteiger partial charge is 0.343 e. The molecule has 5 nitrogen and oxygen atoms in total. The van der Waals surface area contributed by atoms with Gasteiger partial charge < -0.3 is 10.1 Å². The number of halogens is 1. The number of allylic oxidation sites excluding steroid dienone is 3. The van der Waals surface area contributed by atoms with Gasteiger partial charge in [0.2, 0.25) is 0 Å². The normalized spacial score (nSPS) is 18.6. The molecular formula is C29H20FNO4. The Hall–Kier alpha value is -4.32. The lowest BCUT2D eigenvalue weighted by Crippen LogP contribution is -2.31. The molecule has 0 saturated carbocycles. The van der Waals surface area contributed by atoms with Gasteiger partial charge in [0.1, 0.15) is 11.6 Å². The average Bonchev–Trinajstić information content (AvgIpc) is 3.16. The van der Waals surface area contributed by atoms with Gasteiger partial charge in [0.25, 0.3) is 0 Å². The van der Waals surface area contributed by atoms with Crippen molar-refractivity contribution in [1.82, 2.24) is 5.32 Å². The Balaban J connectivity index is 1.37. The summed E-state index contributed by atoms with van der Waals surface area (Å²) >= 11 is 0. The monoisotopic (exact) mass is 465 g/mol. The van der Waals surface area contributed by atoms with E-state index in [0.717, 1.165) is 35.4 Å². The molecule has 1 aliphatic heterocycles. The Kier molecular flexibility index (Phi) is 4.95. The molecule has 0 fully saturated rings. The quantitative estimate of drug-likeness (QED) is 0.417. The van der Waals surface area contributed by atoms with Crippen molar-refractivity contribution in [3.8, 4) is 5.75 Å². The van der Waals surface area contributed by atoms with Crippen molar-refractivity contribution in [1.29, 1.82) is 0 Å². The molecule has 3 aromatic carbocycles. The van der Waals surface area contributed by atoms with Crippen molar-refractivity contribution in [2.75, 3.05) is 0 Å². The van der Waals surface area contributed by atoms with E-state index >= 15 is 0 Å². The van der Waals surface area contributed by atoms with Gasteiger partial charge in [0, 0.05) is 40.3 Å². The van der Waals surface area contributed by atoms with Gasteiger partial charge in [-0.15, -0.1) is 0 Å². The van der Waals surface area contributed by atoms with Crippen LogP contribution in [0.3, 0.4) is 0 Å². The molecular weight excluding hydrogens is 445 g/mol. The lowest BCUT2D eigenvalue weighted by Gasteiger charge is -2.33. The van der Waals surface area contributed by atoms with E-state index in [1.165, 1.54) is 24.3 Å². The highest BCUT2D eigenvalue weighted by Gasteiger charge is 2.43. The second-order valence-electron chi connectivity index (χ2n) is 8.86. The minimum absolute atomic E-state index is 0.0471. The summed E-state index contributed by atoms with van der Waals surface area (Å²) in [6.45, 7) is 0. The van der Waals surface area contributed by atoms with Crippen LogP contribution in [0, 0.1) is 5.82 Å². The Morgan fingerprint density at radius 3 is 2.31 bits per heavy atom. The molecule has 6 rings (SSSR count). The molecule has 6 heteroatoms. The molecule has 1 N–H and O–H groups in total. The highest BCUT2D eigenvalue weighted by Crippen LogP contribution is 2.48. The second-order valence-corrected chi connectivity index (χ2v) is 8.86. The molecule has 0 aromatic heterocycles. The fourth-order valence-electron chi connectivity index (χ4n) is 5.15. The number of hydrogen-bond donors (Lipinski definition) is 1. The summed E-state index contributed by atoms with van der Waals surface area (Å²) in [4.78, 5) is 38.9. The van der Waals surface area contributed by atoms with Gasteiger partial charge in [-0.25, -0.2) is 9.18 Å². The fourth-order valence-corrected chi connectivity index (χ4v) is 5.15. The zero-order chi connectivity index (χ0) is 24.1. The average molecular weight is 465 g/mol. The number of carbonyl (C=O) groups excluding carboxylic acids is 3. The van der Waals surface area contributed by atoms with Crippen molar-refractivity contribution in [3.63, 3.8) is 0 Å². The van der Waals surface area contributed by atoms with Crippen molar-refractivity contribution < 1.29 is 23.5 Å². The van der Waals surface area contributed by atoms with Crippen LogP contribution in [-0.2, 0) is 4.79 Å². The summed E-state index contributed by atoms with van der Waals surface area (Å²) < 4.78 is 18.6. The summed E-state index contributed by atoms with van der Waals surface area (Å²) in [5.41, 5.74) is 5.38. The lowest BCUT2D eigenvalue weighted by molar-refractivity contribution is -0.116. The van der Waals surface area contributed by atoms with E-state index in [-0.39, 0.29) is 17.1 Å². The third-order valence-electron chi connectivity index (χ3n) is 6.77. The SMILES string of the molecule is O=C1CCCC2=C1C(c1ccc(OC(=O)c3ccc(F)cc3)cc1)C1=C(N2)c2ccccc2C1=O. The topological polar surface area (TPSA) is 72.5 Å². The number of dihydropyridines is 1. The second kappa shape index (κ2) is 8.17. The maximum absolute atomic E-state index is 13.5. The van der Waals surface area contributed by atoms with E-state index < -0.39 is 17.7 Å². The summed E-state index contributed by atoms with van der Waals surface area (Å²) in [7, 11) is 0. The Morgan fingerprint density at radius 1 is 0.857 bits per heavy atom. The molecule has 2 aliphatic carbocycles. The zero-order valence-corrected chi connectivity index (χ0v) is 18.6. The van der Waals surface area contributed by atoms with Crippen molar-refractivity contribution in [2.45, 2.75) is 25.2 Å².